The molecule has 4 heteroatoms. The summed E-state index contributed by atoms with van der Waals surface area (Å²) in [5, 5.41) is 8.28. The lowest BCUT2D eigenvalue weighted by molar-refractivity contribution is 0.503. The second kappa shape index (κ2) is 4.05. The number of nitrogens with zero attached hydrogens (tertiary/aromatic N) is 2. The molecule has 0 radical (unpaired) electrons. The Balaban J connectivity index is 3.19. The van der Waals surface area contributed by atoms with Gasteiger partial charge in [-0.2, -0.15) is 4.99 Å². The monoisotopic (exact) mass is 174 g/mol. The summed E-state index contributed by atoms with van der Waals surface area (Å²) in [5.74, 6) is 0.402. The van der Waals surface area contributed by atoms with E-state index in [1.54, 1.807) is 31.4 Å². The summed E-state index contributed by atoms with van der Waals surface area (Å²) in [6.07, 6.45) is 2.98. The van der Waals surface area contributed by atoms with Gasteiger partial charge in [0, 0.05) is 5.56 Å². The largest absolute Gasteiger partial charge is 0.388 e. The standard InChI is InChI=1S/C9H6N2O2/c1-7-8(11-6-12)3-2-4-9(7)13-5-10/h2-4H,1H3. The van der Waals surface area contributed by atoms with Crippen LogP contribution in [0.4, 0.5) is 5.69 Å². The lowest BCUT2D eigenvalue weighted by atomic mass is 10.2. The van der Waals surface area contributed by atoms with Crippen LogP contribution in [0.5, 0.6) is 5.75 Å². The van der Waals surface area contributed by atoms with Crippen LogP contribution in [0.25, 0.3) is 0 Å². The molecule has 0 N–H and O–H groups in total. The summed E-state index contributed by atoms with van der Waals surface area (Å²) < 4.78 is 4.64. The van der Waals surface area contributed by atoms with E-state index in [2.05, 4.69) is 9.73 Å². The molecule has 4 nitrogen and oxygen atoms in total. The van der Waals surface area contributed by atoms with E-state index in [4.69, 9.17) is 5.26 Å². The molecule has 0 unspecified atom stereocenters. The van der Waals surface area contributed by atoms with Crippen molar-refractivity contribution in [2.45, 2.75) is 6.92 Å². The molecular weight excluding hydrogens is 168 g/mol. The smallest absolute Gasteiger partial charge is 0.292 e. The van der Waals surface area contributed by atoms with Gasteiger partial charge in [-0.1, -0.05) is 6.07 Å². The number of ether oxygens (including phenoxy) is 1. The molecule has 0 amide bonds. The molecule has 0 aliphatic heterocycles. The van der Waals surface area contributed by atoms with Crippen molar-refractivity contribution in [2.75, 3.05) is 0 Å². The average Bonchev–Trinajstić information content (AvgIpc) is 2.13. The number of hydrogen-bond acceptors (Lipinski definition) is 4. The van der Waals surface area contributed by atoms with E-state index in [0.29, 0.717) is 17.0 Å². The highest BCUT2D eigenvalue weighted by molar-refractivity contribution is 5.57. The van der Waals surface area contributed by atoms with Gasteiger partial charge in [0.05, 0.1) is 5.69 Å². The Morgan fingerprint density at radius 2 is 2.31 bits per heavy atom. The Morgan fingerprint density at radius 1 is 1.54 bits per heavy atom. The fourth-order valence-electron chi connectivity index (χ4n) is 0.933. The van der Waals surface area contributed by atoms with Gasteiger partial charge in [0.2, 0.25) is 6.08 Å². The minimum Gasteiger partial charge on any atom is -0.388 e. The van der Waals surface area contributed by atoms with Gasteiger partial charge in [0.25, 0.3) is 6.26 Å². The fourth-order valence-corrected chi connectivity index (χ4v) is 0.933. The molecule has 0 aliphatic carbocycles. The van der Waals surface area contributed by atoms with E-state index in [1.807, 2.05) is 0 Å². The molecule has 1 rings (SSSR count). The van der Waals surface area contributed by atoms with Crippen LogP contribution in [0.2, 0.25) is 0 Å². The number of nitriles is 1. The minimum atomic E-state index is 0.402. The zero-order chi connectivity index (χ0) is 9.68. The molecule has 0 saturated carbocycles. The Labute approximate surface area is 75.1 Å². The SMILES string of the molecule is Cc1c(N=C=O)cccc1OC#N. The quantitative estimate of drug-likeness (QED) is 0.390. The highest BCUT2D eigenvalue weighted by atomic mass is 16.5. The number of rotatable bonds is 2. The molecule has 0 fully saturated rings. The van der Waals surface area contributed by atoms with Gasteiger partial charge in [0.15, 0.2) is 0 Å². The topological polar surface area (TPSA) is 62.4 Å². The number of isocyanates is 1. The summed E-state index contributed by atoms with van der Waals surface area (Å²) in [6.45, 7) is 1.71. The number of benzene rings is 1. The van der Waals surface area contributed by atoms with Crippen molar-refractivity contribution < 1.29 is 9.53 Å². The van der Waals surface area contributed by atoms with Crippen LogP contribution in [-0.2, 0) is 4.79 Å². The van der Waals surface area contributed by atoms with E-state index in [-0.39, 0.29) is 0 Å². The fraction of sp³-hybridized carbons (Fsp3) is 0.111. The van der Waals surface area contributed by atoms with Crippen LogP contribution < -0.4 is 4.74 Å². The minimum absolute atomic E-state index is 0.402. The van der Waals surface area contributed by atoms with Crippen molar-refractivity contribution in [2.24, 2.45) is 4.99 Å². The number of aliphatic imine (C=N–C) groups is 1. The molecular formula is C9H6N2O2. The summed E-state index contributed by atoms with van der Waals surface area (Å²) >= 11 is 0. The van der Waals surface area contributed by atoms with Gasteiger partial charge in [-0.3, -0.25) is 0 Å². The van der Waals surface area contributed by atoms with Gasteiger partial charge >= 0.3 is 0 Å². The van der Waals surface area contributed by atoms with Crippen LogP contribution in [0.15, 0.2) is 23.2 Å². The second-order valence-electron chi connectivity index (χ2n) is 2.30. The maximum Gasteiger partial charge on any atom is 0.292 e. The molecule has 64 valence electrons. The van der Waals surface area contributed by atoms with E-state index in [1.165, 1.54) is 6.08 Å². The first-order chi connectivity index (χ1) is 6.29. The second-order valence-corrected chi connectivity index (χ2v) is 2.30. The van der Waals surface area contributed by atoms with E-state index >= 15 is 0 Å². The Bertz CT molecular complexity index is 401. The van der Waals surface area contributed by atoms with Crippen molar-refractivity contribution in [1.82, 2.24) is 0 Å². The summed E-state index contributed by atoms with van der Waals surface area (Å²) in [6, 6.07) is 4.92. The maximum absolute atomic E-state index is 10.00. The summed E-state index contributed by atoms with van der Waals surface area (Å²) in [4.78, 5) is 13.5. The third kappa shape index (κ3) is 1.92. The molecule has 0 saturated heterocycles. The maximum atomic E-state index is 10.00. The lowest BCUT2D eigenvalue weighted by Gasteiger charge is -2.01. The van der Waals surface area contributed by atoms with Crippen molar-refractivity contribution in [3.63, 3.8) is 0 Å². The Hall–Kier alpha value is -2.11. The molecule has 0 heterocycles. The Kier molecular flexibility index (Phi) is 2.80. The molecule has 13 heavy (non-hydrogen) atoms. The third-order valence-electron chi connectivity index (χ3n) is 1.58. The third-order valence-corrected chi connectivity index (χ3v) is 1.58. The molecule has 0 bridgehead atoms. The first-order valence-electron chi connectivity index (χ1n) is 3.53. The summed E-state index contributed by atoms with van der Waals surface area (Å²) in [5.41, 5.74) is 1.11. The van der Waals surface area contributed by atoms with Crippen LogP contribution in [0.3, 0.4) is 0 Å². The van der Waals surface area contributed by atoms with Gasteiger partial charge in [-0.15, -0.1) is 5.26 Å². The predicted molar refractivity (Wildman–Crippen MR) is 45.2 cm³/mol. The highest BCUT2D eigenvalue weighted by Crippen LogP contribution is 2.26. The van der Waals surface area contributed by atoms with Crippen LogP contribution in [0, 0.1) is 18.4 Å². The Morgan fingerprint density at radius 3 is 2.92 bits per heavy atom. The van der Waals surface area contributed by atoms with Crippen LogP contribution >= 0.6 is 0 Å². The van der Waals surface area contributed by atoms with Crippen molar-refractivity contribution in [3.05, 3.63) is 23.8 Å². The molecule has 0 aliphatic rings. The van der Waals surface area contributed by atoms with Gasteiger partial charge < -0.3 is 4.74 Å². The zero-order valence-corrected chi connectivity index (χ0v) is 6.94. The van der Waals surface area contributed by atoms with E-state index in [0.717, 1.165) is 0 Å². The number of hydrogen-bond donors (Lipinski definition) is 0. The molecule has 0 spiro atoms. The highest BCUT2D eigenvalue weighted by Gasteiger charge is 2.03. The van der Waals surface area contributed by atoms with Gasteiger partial charge in [-0.25, -0.2) is 4.79 Å². The first-order valence-corrected chi connectivity index (χ1v) is 3.53. The van der Waals surface area contributed by atoms with Crippen LogP contribution in [-0.4, -0.2) is 6.08 Å². The lowest BCUT2D eigenvalue weighted by Crippen LogP contribution is -1.85. The first kappa shape index (κ1) is 8.98. The summed E-state index contributed by atoms with van der Waals surface area (Å²) in [7, 11) is 0. The molecule has 1 aromatic rings. The predicted octanol–water partition coefficient (Wildman–Crippen LogP) is 1.82. The average molecular weight is 174 g/mol. The van der Waals surface area contributed by atoms with E-state index in [9.17, 15) is 4.79 Å². The molecule has 0 atom stereocenters. The van der Waals surface area contributed by atoms with Crippen molar-refractivity contribution in [3.8, 4) is 12.0 Å². The number of carbonyl (C=O) groups excluding carboxylic acids is 1. The van der Waals surface area contributed by atoms with Crippen LogP contribution in [0.1, 0.15) is 5.56 Å². The van der Waals surface area contributed by atoms with Gasteiger partial charge in [0.1, 0.15) is 5.75 Å². The van der Waals surface area contributed by atoms with Crippen molar-refractivity contribution in [1.29, 1.82) is 5.26 Å². The van der Waals surface area contributed by atoms with Crippen molar-refractivity contribution >= 4 is 11.8 Å². The van der Waals surface area contributed by atoms with Gasteiger partial charge in [-0.05, 0) is 19.1 Å². The molecule has 1 aromatic carbocycles. The normalized spacial score (nSPS) is 8.31. The molecule has 0 aromatic heterocycles. The van der Waals surface area contributed by atoms with E-state index < -0.39 is 0 Å². The zero-order valence-electron chi connectivity index (χ0n) is 6.94.